The van der Waals surface area contributed by atoms with Gasteiger partial charge in [-0.2, -0.15) is 0 Å². The first-order valence-electron chi connectivity index (χ1n) is 8.45. The van der Waals surface area contributed by atoms with E-state index in [1.807, 2.05) is 13.0 Å². The van der Waals surface area contributed by atoms with Crippen LogP contribution in [0.25, 0.3) is 0 Å². The molecule has 28 heavy (non-hydrogen) atoms. The molecule has 0 heterocycles. The molecular formula is C19H21ClN2O6. The van der Waals surface area contributed by atoms with E-state index in [-0.39, 0.29) is 29.0 Å². The Morgan fingerprint density at radius 2 is 1.79 bits per heavy atom. The molecule has 9 heteroatoms. The molecule has 1 amide bonds. The molecule has 0 N–H and O–H groups in total. The molecule has 0 saturated carbocycles. The van der Waals surface area contributed by atoms with Crippen molar-refractivity contribution in [2.24, 2.45) is 0 Å². The van der Waals surface area contributed by atoms with Crippen molar-refractivity contribution in [3.8, 4) is 17.2 Å². The van der Waals surface area contributed by atoms with E-state index in [2.05, 4.69) is 0 Å². The van der Waals surface area contributed by atoms with Crippen LogP contribution in [0.2, 0.25) is 5.02 Å². The lowest BCUT2D eigenvalue weighted by Crippen LogP contribution is -2.34. The number of halogens is 1. The zero-order chi connectivity index (χ0) is 20.7. The average Bonchev–Trinajstić information content (AvgIpc) is 2.70. The molecule has 0 aliphatic rings. The van der Waals surface area contributed by atoms with Crippen LogP contribution in [0.4, 0.5) is 5.69 Å². The van der Waals surface area contributed by atoms with Gasteiger partial charge in [0.05, 0.1) is 19.1 Å². The van der Waals surface area contributed by atoms with Crippen molar-refractivity contribution < 1.29 is 23.9 Å². The Bertz CT molecular complexity index is 858. The molecule has 0 aromatic heterocycles. The summed E-state index contributed by atoms with van der Waals surface area (Å²) in [7, 11) is 3.09. The van der Waals surface area contributed by atoms with Gasteiger partial charge in [0.15, 0.2) is 23.9 Å². The maximum Gasteiger partial charge on any atom is 0.312 e. The van der Waals surface area contributed by atoms with E-state index >= 15 is 0 Å². The minimum Gasteiger partial charge on any atom is -0.493 e. The first-order chi connectivity index (χ1) is 13.4. The van der Waals surface area contributed by atoms with E-state index in [4.69, 9.17) is 25.8 Å². The van der Waals surface area contributed by atoms with Crippen LogP contribution in [-0.2, 0) is 11.3 Å². The van der Waals surface area contributed by atoms with Gasteiger partial charge < -0.3 is 19.1 Å². The second-order valence-electron chi connectivity index (χ2n) is 5.76. The minimum atomic E-state index is -0.604. The van der Waals surface area contributed by atoms with Gasteiger partial charge in [-0.3, -0.25) is 14.9 Å². The van der Waals surface area contributed by atoms with E-state index in [0.717, 1.165) is 5.56 Å². The van der Waals surface area contributed by atoms with Crippen LogP contribution in [-0.4, -0.2) is 43.1 Å². The topological polar surface area (TPSA) is 91.1 Å². The van der Waals surface area contributed by atoms with Gasteiger partial charge in [-0.15, -0.1) is 0 Å². The van der Waals surface area contributed by atoms with Crippen LogP contribution in [0, 0.1) is 10.1 Å². The Labute approximate surface area is 167 Å². The van der Waals surface area contributed by atoms with E-state index in [1.165, 1.54) is 25.3 Å². The molecule has 0 unspecified atom stereocenters. The second kappa shape index (κ2) is 9.80. The van der Waals surface area contributed by atoms with Gasteiger partial charge in [0.2, 0.25) is 0 Å². The third kappa shape index (κ3) is 5.26. The molecule has 2 aromatic carbocycles. The Balaban J connectivity index is 2.07. The highest BCUT2D eigenvalue weighted by Crippen LogP contribution is 2.30. The summed E-state index contributed by atoms with van der Waals surface area (Å²) >= 11 is 5.78. The highest BCUT2D eigenvalue weighted by Gasteiger charge is 2.19. The summed E-state index contributed by atoms with van der Waals surface area (Å²) in [6.45, 7) is 2.29. The van der Waals surface area contributed by atoms with Crippen LogP contribution in [0.15, 0.2) is 36.4 Å². The van der Waals surface area contributed by atoms with Crippen molar-refractivity contribution in [1.82, 2.24) is 4.90 Å². The van der Waals surface area contributed by atoms with E-state index in [9.17, 15) is 14.9 Å². The van der Waals surface area contributed by atoms with E-state index < -0.39 is 4.92 Å². The lowest BCUT2D eigenvalue weighted by molar-refractivity contribution is -0.385. The fraction of sp³-hybridized carbons (Fsp3) is 0.316. The molecule has 150 valence electrons. The number of benzene rings is 2. The number of nitro benzene ring substituents is 1. The van der Waals surface area contributed by atoms with Crippen molar-refractivity contribution in [1.29, 1.82) is 0 Å². The number of ether oxygens (including phenoxy) is 3. The van der Waals surface area contributed by atoms with Crippen LogP contribution >= 0.6 is 11.6 Å². The molecule has 0 radical (unpaired) electrons. The minimum absolute atomic E-state index is 0.00933. The van der Waals surface area contributed by atoms with E-state index in [0.29, 0.717) is 24.6 Å². The quantitative estimate of drug-likeness (QED) is 0.464. The van der Waals surface area contributed by atoms with Crippen LogP contribution in [0.1, 0.15) is 12.5 Å². The third-order valence-corrected chi connectivity index (χ3v) is 4.26. The Hall–Kier alpha value is -3.00. The SMILES string of the molecule is CCN(Cc1ccc(OC)c(OC)c1)C(=O)COc1ccc(Cl)cc1[N+](=O)[O-]. The third-order valence-electron chi connectivity index (χ3n) is 4.02. The van der Waals surface area contributed by atoms with Gasteiger partial charge in [0, 0.05) is 24.2 Å². The summed E-state index contributed by atoms with van der Waals surface area (Å²) < 4.78 is 15.9. The molecule has 0 aliphatic carbocycles. The number of hydrogen-bond donors (Lipinski definition) is 0. The van der Waals surface area contributed by atoms with Crippen molar-refractivity contribution in [2.75, 3.05) is 27.4 Å². The number of hydrogen-bond acceptors (Lipinski definition) is 6. The summed E-state index contributed by atoms with van der Waals surface area (Å²) in [6, 6.07) is 9.42. The number of carbonyl (C=O) groups excluding carboxylic acids is 1. The summed E-state index contributed by atoms with van der Waals surface area (Å²) in [5.74, 6) is 0.849. The van der Waals surface area contributed by atoms with E-state index in [1.54, 1.807) is 24.1 Å². The molecule has 0 spiro atoms. The second-order valence-corrected chi connectivity index (χ2v) is 6.19. The standard InChI is InChI=1S/C19H21ClN2O6/c1-4-21(11-13-5-7-17(26-2)18(9-13)27-3)19(23)12-28-16-8-6-14(20)10-15(16)22(24)25/h5-10H,4,11-12H2,1-3H3. The lowest BCUT2D eigenvalue weighted by Gasteiger charge is -2.21. The van der Waals surface area contributed by atoms with Crippen molar-refractivity contribution in [3.05, 3.63) is 57.1 Å². The zero-order valence-electron chi connectivity index (χ0n) is 15.8. The summed E-state index contributed by atoms with van der Waals surface area (Å²) in [5.41, 5.74) is 0.563. The Kier molecular flexibility index (Phi) is 7.45. The maximum absolute atomic E-state index is 12.5. The smallest absolute Gasteiger partial charge is 0.312 e. The van der Waals surface area contributed by atoms with Gasteiger partial charge >= 0.3 is 5.69 Å². The first kappa shape index (κ1) is 21.3. The molecule has 0 bridgehead atoms. The molecular weight excluding hydrogens is 388 g/mol. The Morgan fingerprint density at radius 3 is 2.39 bits per heavy atom. The number of nitro groups is 1. The molecule has 8 nitrogen and oxygen atoms in total. The monoisotopic (exact) mass is 408 g/mol. The molecule has 0 saturated heterocycles. The molecule has 2 rings (SSSR count). The predicted molar refractivity (Wildman–Crippen MR) is 104 cm³/mol. The predicted octanol–water partition coefficient (Wildman–Crippen LogP) is 3.69. The maximum atomic E-state index is 12.5. The fourth-order valence-electron chi connectivity index (χ4n) is 2.56. The highest BCUT2D eigenvalue weighted by molar-refractivity contribution is 6.30. The van der Waals surface area contributed by atoms with Gasteiger partial charge in [-0.25, -0.2) is 0 Å². The van der Waals surface area contributed by atoms with Crippen LogP contribution in [0.3, 0.4) is 0 Å². The molecule has 0 aliphatic heterocycles. The summed E-state index contributed by atoms with van der Waals surface area (Å²) in [6.07, 6.45) is 0. The number of nitrogens with zero attached hydrogens (tertiary/aromatic N) is 2. The summed E-state index contributed by atoms with van der Waals surface area (Å²) in [4.78, 5) is 24.6. The van der Waals surface area contributed by atoms with Gasteiger partial charge in [-0.05, 0) is 36.8 Å². The molecule has 2 aromatic rings. The molecule has 0 atom stereocenters. The van der Waals surface area contributed by atoms with Gasteiger partial charge in [0.25, 0.3) is 5.91 Å². The number of methoxy groups -OCH3 is 2. The van der Waals surface area contributed by atoms with Gasteiger partial charge in [0.1, 0.15) is 0 Å². The number of rotatable bonds is 9. The highest BCUT2D eigenvalue weighted by atomic mass is 35.5. The van der Waals surface area contributed by atoms with Crippen LogP contribution in [0.5, 0.6) is 17.2 Å². The molecule has 0 fully saturated rings. The fourth-order valence-corrected chi connectivity index (χ4v) is 2.73. The van der Waals surface area contributed by atoms with Crippen LogP contribution < -0.4 is 14.2 Å². The number of amides is 1. The van der Waals surface area contributed by atoms with Gasteiger partial charge in [-0.1, -0.05) is 17.7 Å². The van der Waals surface area contributed by atoms with Crippen molar-refractivity contribution in [2.45, 2.75) is 13.5 Å². The summed E-state index contributed by atoms with van der Waals surface area (Å²) in [5, 5.41) is 11.3. The number of likely N-dealkylation sites (N-methyl/N-ethyl adjacent to an activating group) is 1. The normalized spacial score (nSPS) is 10.3. The zero-order valence-corrected chi connectivity index (χ0v) is 16.6. The average molecular weight is 409 g/mol. The number of carbonyl (C=O) groups is 1. The Morgan fingerprint density at radius 1 is 1.11 bits per heavy atom. The first-order valence-corrected chi connectivity index (χ1v) is 8.82. The lowest BCUT2D eigenvalue weighted by atomic mass is 10.2. The van der Waals surface area contributed by atoms with Crippen molar-refractivity contribution in [3.63, 3.8) is 0 Å². The largest absolute Gasteiger partial charge is 0.493 e. The van der Waals surface area contributed by atoms with Crippen molar-refractivity contribution >= 4 is 23.2 Å².